The second kappa shape index (κ2) is 12.9. The van der Waals surface area contributed by atoms with E-state index in [0.717, 1.165) is 66.4 Å². The Hall–Kier alpha value is -6.31. The Morgan fingerprint density at radius 3 is 2.62 bits per heavy atom. The highest BCUT2D eigenvalue weighted by Crippen LogP contribution is 2.40. The molecule has 0 atom stereocenters. The van der Waals surface area contributed by atoms with Crippen molar-refractivity contribution in [1.82, 2.24) is 10.3 Å². The molecule has 0 bridgehead atoms. The Morgan fingerprint density at radius 2 is 1.87 bits per heavy atom. The summed E-state index contributed by atoms with van der Waals surface area (Å²) >= 11 is 0. The first-order chi connectivity index (χ1) is 22.1. The van der Waals surface area contributed by atoms with Crippen molar-refractivity contribution in [3.8, 4) is 23.3 Å². The first-order valence-electron chi connectivity index (χ1n) is 14.6. The number of furan rings is 1. The van der Waals surface area contributed by atoms with Gasteiger partial charge in [0.05, 0.1) is 23.0 Å². The molecule has 2 aromatic heterocycles. The molecule has 7 nitrogen and oxygen atoms in total. The highest BCUT2D eigenvalue weighted by atomic mass is 16.3. The van der Waals surface area contributed by atoms with E-state index in [1.165, 1.54) is 6.20 Å². The van der Waals surface area contributed by atoms with Crippen LogP contribution in [0.25, 0.3) is 55.1 Å². The lowest BCUT2D eigenvalue weighted by Gasteiger charge is -2.14. The summed E-state index contributed by atoms with van der Waals surface area (Å²) in [6.07, 6.45) is 17.2. The van der Waals surface area contributed by atoms with Crippen LogP contribution in [-0.4, -0.2) is 11.5 Å². The van der Waals surface area contributed by atoms with Gasteiger partial charge in [-0.25, -0.2) is 0 Å². The molecule has 45 heavy (non-hydrogen) atoms. The molecular formula is C38H30N6O. The first kappa shape index (κ1) is 28.8. The van der Waals surface area contributed by atoms with Crippen LogP contribution in [-0.2, 0) is 0 Å². The molecule has 3 aromatic carbocycles. The molecule has 3 heterocycles. The summed E-state index contributed by atoms with van der Waals surface area (Å²) < 4.78 is 6.48. The van der Waals surface area contributed by atoms with Gasteiger partial charge in [-0.1, -0.05) is 54.6 Å². The number of nitriles is 2. The molecule has 0 saturated carbocycles. The van der Waals surface area contributed by atoms with Gasteiger partial charge in [0.2, 0.25) is 0 Å². The molecule has 7 heteroatoms. The van der Waals surface area contributed by atoms with Gasteiger partial charge < -0.3 is 21.2 Å². The molecule has 0 unspecified atom stereocenters. The number of nitrogens with one attached hydrogen (secondary N) is 1. The van der Waals surface area contributed by atoms with Crippen LogP contribution in [0.2, 0.25) is 0 Å². The Morgan fingerprint density at radius 1 is 1.00 bits per heavy atom. The zero-order valence-electron chi connectivity index (χ0n) is 24.5. The lowest BCUT2D eigenvalue weighted by molar-refractivity contribution is 0.669. The van der Waals surface area contributed by atoms with E-state index < -0.39 is 0 Å². The normalized spacial score (nSPS) is 14.1. The van der Waals surface area contributed by atoms with Crippen LogP contribution in [0.15, 0.2) is 131 Å². The van der Waals surface area contributed by atoms with E-state index in [1.807, 2.05) is 60.8 Å². The molecule has 0 spiro atoms. The minimum atomic E-state index is 0.569. The number of nitrogens with zero attached hydrogens (tertiary/aromatic N) is 3. The second-order valence-electron chi connectivity index (χ2n) is 10.5. The van der Waals surface area contributed by atoms with E-state index in [4.69, 9.17) is 20.9 Å². The predicted molar refractivity (Wildman–Crippen MR) is 182 cm³/mol. The topological polar surface area (TPSA) is 138 Å². The van der Waals surface area contributed by atoms with Crippen LogP contribution >= 0.6 is 0 Å². The summed E-state index contributed by atoms with van der Waals surface area (Å²) in [6, 6.07) is 25.0. The quantitative estimate of drug-likeness (QED) is 0.125. The van der Waals surface area contributed by atoms with Gasteiger partial charge in [-0.3, -0.25) is 4.98 Å². The molecule has 0 fully saturated rings. The van der Waals surface area contributed by atoms with E-state index >= 15 is 0 Å². The highest BCUT2D eigenvalue weighted by molar-refractivity contribution is 6.22. The molecule has 0 radical (unpaired) electrons. The number of allylic oxidation sites excluding steroid dienone is 8. The lowest BCUT2D eigenvalue weighted by atomic mass is 9.95. The Kier molecular flexibility index (Phi) is 8.26. The number of rotatable bonds is 8. The standard InChI is InChI=1S/C38H30N6O/c39-17-5-8-25(21-40)7-1-2-9-27(22-41)26-13-15-32-35(19-26)45-36-20-33(30-11-3-4-12-31(30)37(32)36)29-14-16-34(44-24-29)38-28(23-42)10-6-18-43-38/h2-6,8-17,19-20,22,24,43H,1,7,18,39,41H2/b9-2-,17-5-,25-8+,27-22+. The summed E-state index contributed by atoms with van der Waals surface area (Å²) in [5.74, 6) is 0. The third-order valence-corrected chi connectivity index (χ3v) is 7.82. The summed E-state index contributed by atoms with van der Waals surface area (Å²) in [7, 11) is 0. The molecule has 0 aliphatic carbocycles. The minimum absolute atomic E-state index is 0.569. The fourth-order valence-electron chi connectivity index (χ4n) is 5.64. The number of aromatic nitrogens is 1. The number of dihydropyridines is 1. The van der Waals surface area contributed by atoms with Crippen LogP contribution < -0.4 is 16.8 Å². The molecule has 6 rings (SSSR count). The van der Waals surface area contributed by atoms with Crippen molar-refractivity contribution in [2.75, 3.05) is 6.54 Å². The van der Waals surface area contributed by atoms with Gasteiger partial charge in [-0.05, 0) is 89.0 Å². The summed E-state index contributed by atoms with van der Waals surface area (Å²) in [5.41, 5.74) is 19.4. The Labute approximate surface area is 261 Å². The van der Waals surface area contributed by atoms with E-state index in [9.17, 15) is 10.5 Å². The van der Waals surface area contributed by atoms with Gasteiger partial charge >= 0.3 is 0 Å². The van der Waals surface area contributed by atoms with E-state index in [1.54, 1.807) is 18.4 Å². The average Bonchev–Trinajstić information content (AvgIpc) is 3.47. The van der Waals surface area contributed by atoms with Gasteiger partial charge in [0.25, 0.3) is 0 Å². The smallest absolute Gasteiger partial charge is 0.136 e. The lowest BCUT2D eigenvalue weighted by Crippen LogP contribution is -2.17. The van der Waals surface area contributed by atoms with Crippen molar-refractivity contribution in [3.05, 3.63) is 138 Å². The number of benzene rings is 3. The van der Waals surface area contributed by atoms with Gasteiger partial charge in [-0.15, -0.1) is 0 Å². The number of pyridine rings is 1. The molecular weight excluding hydrogens is 556 g/mol. The van der Waals surface area contributed by atoms with Crippen molar-refractivity contribution in [2.45, 2.75) is 12.8 Å². The van der Waals surface area contributed by atoms with Crippen LogP contribution in [0.3, 0.4) is 0 Å². The number of hydrogen-bond donors (Lipinski definition) is 3. The fraction of sp³-hybridized carbons (Fsp3) is 0.0789. The third kappa shape index (κ3) is 5.71. The SMILES string of the molecule is N#CC1=C(c2ccc(-c3cc4oc5cc(C(/C=C\CC/C(C#N)=C\C=C/N)=C/N)ccc5c4c4ccccc34)cn2)NCC=C1. The van der Waals surface area contributed by atoms with Gasteiger partial charge in [0.15, 0.2) is 0 Å². The monoisotopic (exact) mass is 586 g/mol. The van der Waals surface area contributed by atoms with E-state index in [0.29, 0.717) is 30.5 Å². The fourth-order valence-corrected chi connectivity index (χ4v) is 5.64. The van der Waals surface area contributed by atoms with Crippen molar-refractivity contribution >= 4 is 44.0 Å². The maximum atomic E-state index is 9.53. The molecule has 5 aromatic rings. The maximum Gasteiger partial charge on any atom is 0.136 e. The predicted octanol–water partition coefficient (Wildman–Crippen LogP) is 7.75. The summed E-state index contributed by atoms with van der Waals surface area (Å²) in [5, 5.41) is 26.4. The minimum Gasteiger partial charge on any atom is -0.456 e. The molecule has 1 aliphatic heterocycles. The summed E-state index contributed by atoms with van der Waals surface area (Å²) in [4.78, 5) is 4.72. The van der Waals surface area contributed by atoms with Crippen molar-refractivity contribution in [1.29, 1.82) is 10.5 Å². The average molecular weight is 587 g/mol. The number of fused-ring (bicyclic) bond motifs is 5. The third-order valence-electron chi connectivity index (χ3n) is 7.82. The zero-order valence-corrected chi connectivity index (χ0v) is 24.5. The Bertz CT molecular complexity index is 2200. The van der Waals surface area contributed by atoms with Crippen molar-refractivity contribution in [2.24, 2.45) is 11.5 Å². The van der Waals surface area contributed by atoms with Crippen LogP contribution in [0, 0.1) is 22.7 Å². The van der Waals surface area contributed by atoms with Crippen molar-refractivity contribution < 1.29 is 4.42 Å². The van der Waals surface area contributed by atoms with E-state index in [2.05, 4.69) is 47.8 Å². The number of hydrogen-bond acceptors (Lipinski definition) is 7. The molecule has 218 valence electrons. The number of nitrogens with two attached hydrogens (primary N) is 2. The molecule has 0 saturated heterocycles. The highest BCUT2D eigenvalue weighted by Gasteiger charge is 2.17. The molecule has 5 N–H and O–H groups in total. The maximum absolute atomic E-state index is 9.53. The largest absolute Gasteiger partial charge is 0.456 e. The van der Waals surface area contributed by atoms with Gasteiger partial charge in [0.1, 0.15) is 17.2 Å². The van der Waals surface area contributed by atoms with Gasteiger partial charge in [0, 0.05) is 40.9 Å². The van der Waals surface area contributed by atoms with Crippen molar-refractivity contribution in [3.63, 3.8) is 0 Å². The van der Waals surface area contributed by atoms with Crippen LogP contribution in [0.4, 0.5) is 0 Å². The van der Waals surface area contributed by atoms with Crippen LogP contribution in [0.5, 0.6) is 0 Å². The molecule has 1 aliphatic rings. The molecule has 0 amide bonds. The second-order valence-corrected chi connectivity index (χ2v) is 10.5. The first-order valence-corrected chi connectivity index (χ1v) is 14.6. The van der Waals surface area contributed by atoms with Gasteiger partial charge in [-0.2, -0.15) is 10.5 Å². The zero-order chi connectivity index (χ0) is 31.2. The van der Waals surface area contributed by atoms with E-state index in [-0.39, 0.29) is 0 Å². The van der Waals surface area contributed by atoms with Crippen LogP contribution in [0.1, 0.15) is 24.1 Å². The summed E-state index contributed by atoms with van der Waals surface area (Å²) in [6.45, 7) is 0.659. The Balaban J connectivity index is 1.35.